The minimum absolute atomic E-state index is 0.389. The standard InChI is InChI=1S/C22H26N6O/c1-28(14-17-12-24-22(25-13-17)18-5-3-2-4-6-18)9-8-23-21-11-20(26-16-27-21)19-7-10-29-15-19/h2-6,11-13,16,19H,7-10,14-15H2,1H3,(H,23,26,27). The van der Waals surface area contributed by atoms with Crippen molar-refractivity contribution in [3.05, 3.63) is 66.4 Å². The van der Waals surface area contributed by atoms with Crippen LogP contribution in [0.25, 0.3) is 11.4 Å². The number of likely N-dealkylation sites (N-methyl/N-ethyl adjacent to an activating group) is 1. The van der Waals surface area contributed by atoms with Crippen molar-refractivity contribution in [2.45, 2.75) is 18.9 Å². The van der Waals surface area contributed by atoms with Crippen molar-refractivity contribution < 1.29 is 4.74 Å². The first-order chi connectivity index (χ1) is 14.3. The lowest BCUT2D eigenvalue weighted by molar-refractivity contribution is 0.193. The zero-order valence-corrected chi connectivity index (χ0v) is 16.7. The molecule has 0 radical (unpaired) electrons. The molecule has 1 fully saturated rings. The molecule has 3 aromatic rings. The monoisotopic (exact) mass is 390 g/mol. The quantitative estimate of drug-likeness (QED) is 0.634. The van der Waals surface area contributed by atoms with E-state index in [1.54, 1.807) is 6.33 Å². The lowest BCUT2D eigenvalue weighted by Gasteiger charge is -2.17. The van der Waals surface area contributed by atoms with E-state index in [1.165, 1.54) is 0 Å². The molecular weight excluding hydrogens is 364 g/mol. The zero-order chi connectivity index (χ0) is 19.9. The summed E-state index contributed by atoms with van der Waals surface area (Å²) in [6.07, 6.45) is 6.47. The highest BCUT2D eigenvalue weighted by Crippen LogP contribution is 2.24. The van der Waals surface area contributed by atoms with Crippen molar-refractivity contribution in [3.8, 4) is 11.4 Å². The molecule has 1 saturated heterocycles. The van der Waals surface area contributed by atoms with Crippen LogP contribution in [0.2, 0.25) is 0 Å². The summed E-state index contributed by atoms with van der Waals surface area (Å²) in [6.45, 7) is 4.05. The van der Waals surface area contributed by atoms with Gasteiger partial charge in [-0.15, -0.1) is 0 Å². The number of nitrogens with one attached hydrogen (secondary N) is 1. The maximum Gasteiger partial charge on any atom is 0.159 e. The smallest absolute Gasteiger partial charge is 0.159 e. The van der Waals surface area contributed by atoms with Gasteiger partial charge in [0.15, 0.2) is 5.82 Å². The average Bonchev–Trinajstić information content (AvgIpc) is 3.30. The lowest BCUT2D eigenvalue weighted by Crippen LogP contribution is -2.25. The summed E-state index contributed by atoms with van der Waals surface area (Å²) in [5.74, 6) is 2.01. The molecule has 1 aliphatic heterocycles. The molecule has 1 atom stereocenters. The Kier molecular flexibility index (Phi) is 6.38. The Morgan fingerprint density at radius 3 is 2.69 bits per heavy atom. The Labute approximate surface area is 171 Å². The number of hydrogen-bond donors (Lipinski definition) is 1. The molecule has 4 rings (SSSR count). The van der Waals surface area contributed by atoms with E-state index in [-0.39, 0.29) is 0 Å². The van der Waals surface area contributed by atoms with Crippen LogP contribution in [0, 0.1) is 0 Å². The van der Waals surface area contributed by atoms with E-state index in [9.17, 15) is 0 Å². The van der Waals surface area contributed by atoms with E-state index in [0.717, 1.165) is 67.7 Å². The van der Waals surface area contributed by atoms with Gasteiger partial charge in [-0.1, -0.05) is 30.3 Å². The van der Waals surface area contributed by atoms with E-state index in [0.29, 0.717) is 5.92 Å². The van der Waals surface area contributed by atoms with Gasteiger partial charge in [-0.25, -0.2) is 19.9 Å². The molecule has 1 aromatic carbocycles. The predicted molar refractivity (Wildman–Crippen MR) is 113 cm³/mol. The third-order valence-corrected chi connectivity index (χ3v) is 5.03. The van der Waals surface area contributed by atoms with Crippen molar-refractivity contribution in [2.75, 3.05) is 38.7 Å². The van der Waals surface area contributed by atoms with Crippen LogP contribution in [0.15, 0.2) is 55.1 Å². The summed E-state index contributed by atoms with van der Waals surface area (Å²) < 4.78 is 5.46. The molecule has 0 bridgehead atoms. The number of anilines is 1. The summed E-state index contributed by atoms with van der Waals surface area (Å²) in [5.41, 5.74) is 3.19. The molecule has 150 valence electrons. The number of benzene rings is 1. The fourth-order valence-electron chi connectivity index (χ4n) is 3.40. The van der Waals surface area contributed by atoms with Crippen LogP contribution in [0.4, 0.5) is 5.82 Å². The maximum atomic E-state index is 5.46. The summed E-state index contributed by atoms with van der Waals surface area (Å²) >= 11 is 0. The molecule has 7 nitrogen and oxygen atoms in total. The van der Waals surface area contributed by atoms with Gasteiger partial charge in [0.1, 0.15) is 12.1 Å². The number of hydrogen-bond acceptors (Lipinski definition) is 7. The second kappa shape index (κ2) is 9.54. The van der Waals surface area contributed by atoms with Crippen molar-refractivity contribution in [2.24, 2.45) is 0 Å². The van der Waals surface area contributed by atoms with Crippen molar-refractivity contribution >= 4 is 5.82 Å². The number of ether oxygens (including phenoxy) is 1. The fraction of sp³-hybridized carbons (Fsp3) is 0.364. The van der Waals surface area contributed by atoms with Gasteiger partial charge in [0.25, 0.3) is 0 Å². The molecule has 0 spiro atoms. The van der Waals surface area contributed by atoms with E-state index >= 15 is 0 Å². The molecule has 0 aliphatic carbocycles. The Morgan fingerprint density at radius 2 is 1.93 bits per heavy atom. The molecule has 0 saturated carbocycles. The maximum absolute atomic E-state index is 5.46. The first kappa shape index (κ1) is 19.4. The van der Waals surface area contributed by atoms with Crippen LogP contribution >= 0.6 is 0 Å². The second-order valence-corrected chi connectivity index (χ2v) is 7.33. The third kappa shape index (κ3) is 5.34. The van der Waals surface area contributed by atoms with Gasteiger partial charge in [-0.05, 0) is 13.5 Å². The number of rotatable bonds is 8. The predicted octanol–water partition coefficient (Wildman–Crippen LogP) is 2.98. The molecule has 29 heavy (non-hydrogen) atoms. The normalized spacial score (nSPS) is 16.3. The van der Waals surface area contributed by atoms with Gasteiger partial charge in [0.2, 0.25) is 0 Å². The van der Waals surface area contributed by atoms with Gasteiger partial charge in [0, 0.05) is 61.7 Å². The highest BCUT2D eigenvalue weighted by molar-refractivity contribution is 5.53. The van der Waals surface area contributed by atoms with Crippen LogP contribution in [-0.4, -0.2) is 58.2 Å². The molecule has 1 unspecified atom stereocenters. The summed E-state index contributed by atoms with van der Waals surface area (Å²) in [6, 6.07) is 12.1. The minimum atomic E-state index is 0.389. The second-order valence-electron chi connectivity index (χ2n) is 7.33. The molecule has 7 heteroatoms. The molecule has 0 amide bonds. The van der Waals surface area contributed by atoms with E-state index in [1.807, 2.05) is 48.8 Å². The minimum Gasteiger partial charge on any atom is -0.381 e. The van der Waals surface area contributed by atoms with Crippen LogP contribution in [0.3, 0.4) is 0 Å². The van der Waals surface area contributed by atoms with E-state index in [4.69, 9.17) is 4.74 Å². The number of nitrogens with zero attached hydrogens (tertiary/aromatic N) is 5. The van der Waals surface area contributed by atoms with Crippen LogP contribution in [0.5, 0.6) is 0 Å². The Morgan fingerprint density at radius 1 is 1.10 bits per heavy atom. The summed E-state index contributed by atoms with van der Waals surface area (Å²) in [4.78, 5) is 20.0. The highest BCUT2D eigenvalue weighted by Gasteiger charge is 2.19. The van der Waals surface area contributed by atoms with E-state index < -0.39 is 0 Å². The lowest BCUT2D eigenvalue weighted by atomic mass is 10.1. The summed E-state index contributed by atoms with van der Waals surface area (Å²) in [5, 5.41) is 3.39. The topological polar surface area (TPSA) is 76.1 Å². The van der Waals surface area contributed by atoms with Crippen molar-refractivity contribution in [3.63, 3.8) is 0 Å². The SMILES string of the molecule is CN(CCNc1cc(C2CCOC2)ncn1)Cc1cnc(-c2ccccc2)nc1. The third-order valence-electron chi connectivity index (χ3n) is 5.03. The van der Waals surface area contributed by atoms with Gasteiger partial charge in [0.05, 0.1) is 12.3 Å². The van der Waals surface area contributed by atoms with Gasteiger partial charge >= 0.3 is 0 Å². The largest absolute Gasteiger partial charge is 0.381 e. The Hall–Kier alpha value is -2.90. The molecule has 1 N–H and O–H groups in total. The van der Waals surface area contributed by atoms with Crippen molar-refractivity contribution in [1.82, 2.24) is 24.8 Å². The first-order valence-corrected chi connectivity index (χ1v) is 9.96. The van der Waals surface area contributed by atoms with Crippen LogP contribution < -0.4 is 5.32 Å². The average molecular weight is 390 g/mol. The zero-order valence-electron chi connectivity index (χ0n) is 16.7. The highest BCUT2D eigenvalue weighted by atomic mass is 16.5. The molecule has 1 aliphatic rings. The van der Waals surface area contributed by atoms with Crippen LogP contribution in [0.1, 0.15) is 23.6 Å². The molecule has 2 aromatic heterocycles. The van der Waals surface area contributed by atoms with Gasteiger partial charge in [-0.3, -0.25) is 0 Å². The Balaban J connectivity index is 1.25. The van der Waals surface area contributed by atoms with Gasteiger partial charge < -0.3 is 15.0 Å². The molecular formula is C22H26N6O. The van der Waals surface area contributed by atoms with E-state index in [2.05, 4.69) is 37.2 Å². The number of aromatic nitrogens is 4. The first-order valence-electron chi connectivity index (χ1n) is 9.96. The molecule has 3 heterocycles. The van der Waals surface area contributed by atoms with Crippen molar-refractivity contribution in [1.29, 1.82) is 0 Å². The fourth-order valence-corrected chi connectivity index (χ4v) is 3.40. The summed E-state index contributed by atoms with van der Waals surface area (Å²) in [7, 11) is 2.09. The van der Waals surface area contributed by atoms with Crippen LogP contribution in [-0.2, 0) is 11.3 Å². The van der Waals surface area contributed by atoms with Gasteiger partial charge in [-0.2, -0.15) is 0 Å². The Bertz CT molecular complexity index is 897.